The molecule has 0 aliphatic carbocycles. The lowest BCUT2D eigenvalue weighted by Gasteiger charge is -2.44. The van der Waals surface area contributed by atoms with E-state index >= 15 is 0 Å². The fourth-order valence-electron chi connectivity index (χ4n) is 3.50. The van der Waals surface area contributed by atoms with E-state index in [1.165, 1.54) is 0 Å². The molecule has 0 fully saturated rings. The normalized spacial score (nSPS) is 14.8. The van der Waals surface area contributed by atoms with E-state index in [9.17, 15) is 4.79 Å². The average molecular weight is 407 g/mol. The Morgan fingerprint density at radius 2 is 1.19 bits per heavy atom. The van der Waals surface area contributed by atoms with Crippen molar-refractivity contribution in [2.75, 3.05) is 21.3 Å². The van der Waals surface area contributed by atoms with Crippen molar-refractivity contribution < 1.29 is 22.5 Å². The number of hydrogen-bond donors (Lipinski definition) is 0. The van der Waals surface area contributed by atoms with Gasteiger partial charge in [-0.3, -0.25) is 4.79 Å². The molecule has 0 heterocycles. The van der Waals surface area contributed by atoms with E-state index in [-0.39, 0.29) is 16.9 Å². The maximum absolute atomic E-state index is 13.1. The highest BCUT2D eigenvalue weighted by Crippen LogP contribution is 2.46. The van der Waals surface area contributed by atoms with Crippen molar-refractivity contribution in [1.82, 2.24) is 0 Å². The third-order valence-electron chi connectivity index (χ3n) is 5.03. The van der Waals surface area contributed by atoms with Crippen molar-refractivity contribution in [1.29, 1.82) is 0 Å². The smallest absolute Gasteiger partial charge is 0.501 e. The molecule has 0 aliphatic heterocycles. The zero-order valence-corrected chi connectivity index (χ0v) is 20.9. The molecule has 0 aromatic rings. The fraction of sp³-hybridized carbons (Fsp3) is 0.947. The summed E-state index contributed by atoms with van der Waals surface area (Å²) >= 11 is 0. The molecular formula is C19H42O5Si2. The van der Waals surface area contributed by atoms with Crippen LogP contribution in [0.25, 0.3) is 0 Å². The van der Waals surface area contributed by atoms with Crippen molar-refractivity contribution in [3.05, 3.63) is 0 Å². The molecule has 0 bridgehead atoms. The van der Waals surface area contributed by atoms with Gasteiger partial charge in [-0.05, 0) is 29.0 Å². The van der Waals surface area contributed by atoms with Crippen LogP contribution in [0.5, 0.6) is 0 Å². The molecule has 26 heavy (non-hydrogen) atoms. The van der Waals surface area contributed by atoms with Gasteiger partial charge in [0.15, 0.2) is 0 Å². The van der Waals surface area contributed by atoms with Gasteiger partial charge in [0.05, 0.1) is 5.92 Å². The van der Waals surface area contributed by atoms with Gasteiger partial charge in [0.25, 0.3) is 14.3 Å². The van der Waals surface area contributed by atoms with E-state index in [0.29, 0.717) is 17.9 Å². The minimum Gasteiger partial charge on any atom is -0.518 e. The lowest BCUT2D eigenvalue weighted by atomic mass is 10.2. The Morgan fingerprint density at radius 3 is 1.46 bits per heavy atom. The summed E-state index contributed by atoms with van der Waals surface area (Å²) in [7, 11) is -0.408. The highest BCUT2D eigenvalue weighted by molar-refractivity contribution is 6.78. The van der Waals surface area contributed by atoms with Gasteiger partial charge in [-0.1, -0.05) is 55.4 Å². The Balaban J connectivity index is 5.58. The monoisotopic (exact) mass is 406 g/mol. The molecule has 0 radical (unpaired) electrons. The summed E-state index contributed by atoms with van der Waals surface area (Å²) < 4.78 is 22.9. The summed E-state index contributed by atoms with van der Waals surface area (Å²) in [6.45, 7) is 17.4. The van der Waals surface area contributed by atoms with Gasteiger partial charge < -0.3 is 17.7 Å². The van der Waals surface area contributed by atoms with Crippen LogP contribution in [0.1, 0.15) is 55.4 Å². The van der Waals surface area contributed by atoms with Crippen molar-refractivity contribution in [3.8, 4) is 0 Å². The van der Waals surface area contributed by atoms with Crippen molar-refractivity contribution in [2.24, 2.45) is 17.8 Å². The Bertz CT molecular complexity index is 410. The van der Waals surface area contributed by atoms with Crippen LogP contribution in [-0.4, -0.2) is 44.4 Å². The molecule has 0 spiro atoms. The molecule has 156 valence electrons. The summed E-state index contributed by atoms with van der Waals surface area (Å²) in [6, 6.07) is 2.39. The Labute approximate surface area is 163 Å². The van der Waals surface area contributed by atoms with Gasteiger partial charge in [0.1, 0.15) is 0 Å². The maximum atomic E-state index is 13.1. The van der Waals surface area contributed by atoms with Crippen LogP contribution in [0.3, 0.4) is 0 Å². The molecule has 0 aromatic carbocycles. The molecular weight excluding hydrogens is 364 g/mol. The molecule has 0 saturated heterocycles. The second-order valence-electron chi connectivity index (χ2n) is 9.26. The zero-order chi connectivity index (χ0) is 20.8. The third kappa shape index (κ3) is 7.07. The quantitative estimate of drug-likeness (QED) is 0.447. The summed E-state index contributed by atoms with van der Waals surface area (Å²) in [5.74, 6) is 0.521. The molecule has 1 atom stereocenters. The largest absolute Gasteiger partial charge is 0.518 e. The molecule has 0 aliphatic rings. The van der Waals surface area contributed by atoms with Crippen LogP contribution in [0.2, 0.25) is 23.2 Å². The maximum Gasteiger partial charge on any atom is 0.501 e. The highest BCUT2D eigenvalue weighted by atomic mass is 28.4. The SMILES string of the molecule is CO[Si](CC(C)C(=O)O[Si](CC(C)C)(CC(C)C)C(C)(C)C)(OC)OC. The van der Waals surface area contributed by atoms with Crippen LogP contribution >= 0.6 is 0 Å². The van der Waals surface area contributed by atoms with Gasteiger partial charge in [-0.25, -0.2) is 0 Å². The summed E-state index contributed by atoms with van der Waals surface area (Å²) in [6.07, 6.45) is 0. The lowest BCUT2D eigenvalue weighted by Crippen LogP contribution is -2.52. The fourth-order valence-corrected chi connectivity index (χ4v) is 10.5. The van der Waals surface area contributed by atoms with Gasteiger partial charge in [-0.15, -0.1) is 0 Å². The number of carbonyl (C=O) groups excluding carboxylic acids is 1. The third-order valence-corrected chi connectivity index (χ3v) is 14.3. The number of hydrogen-bond acceptors (Lipinski definition) is 5. The first-order chi connectivity index (χ1) is 11.8. The van der Waals surface area contributed by atoms with E-state index in [2.05, 4.69) is 48.5 Å². The summed E-state index contributed by atoms with van der Waals surface area (Å²) in [5.41, 5.74) is 0. The van der Waals surface area contributed by atoms with Gasteiger partial charge in [0.2, 0.25) is 0 Å². The van der Waals surface area contributed by atoms with E-state index in [4.69, 9.17) is 17.7 Å². The van der Waals surface area contributed by atoms with E-state index < -0.39 is 17.1 Å². The minimum absolute atomic E-state index is 0.0186. The van der Waals surface area contributed by atoms with Crippen molar-refractivity contribution in [2.45, 2.75) is 78.6 Å². The first kappa shape index (κ1) is 25.8. The Hall–Kier alpha value is -0.216. The molecule has 0 amide bonds. The first-order valence-electron chi connectivity index (χ1n) is 9.66. The Kier molecular flexibility index (Phi) is 10.3. The van der Waals surface area contributed by atoms with Gasteiger partial charge >= 0.3 is 8.80 Å². The van der Waals surface area contributed by atoms with Crippen LogP contribution < -0.4 is 0 Å². The van der Waals surface area contributed by atoms with Crippen LogP contribution in [-0.2, 0) is 22.5 Å². The standard InChI is InChI=1S/C19H42O5Si2/c1-15(2)12-25(13-16(3)4,19(6,7)8)24-18(20)17(5)14-26(21-9,22-10)23-11/h15-17H,12-14H2,1-11H3. The Morgan fingerprint density at radius 1 is 0.808 bits per heavy atom. The van der Waals surface area contributed by atoms with Crippen LogP contribution in [0, 0.1) is 17.8 Å². The second kappa shape index (κ2) is 10.4. The molecule has 0 N–H and O–H groups in total. The molecule has 5 nitrogen and oxygen atoms in total. The highest BCUT2D eigenvalue weighted by Gasteiger charge is 2.51. The lowest BCUT2D eigenvalue weighted by molar-refractivity contribution is -0.139. The van der Waals surface area contributed by atoms with E-state index in [1.54, 1.807) is 21.3 Å². The van der Waals surface area contributed by atoms with Crippen LogP contribution in [0.15, 0.2) is 0 Å². The zero-order valence-electron chi connectivity index (χ0n) is 18.9. The summed E-state index contributed by atoms with van der Waals surface area (Å²) in [4.78, 5) is 13.1. The van der Waals surface area contributed by atoms with Gasteiger partial charge in [0, 0.05) is 27.4 Å². The summed E-state index contributed by atoms with van der Waals surface area (Å²) in [5, 5.41) is -0.0186. The molecule has 0 aromatic heterocycles. The predicted octanol–water partition coefficient (Wildman–Crippen LogP) is 5.10. The van der Waals surface area contributed by atoms with E-state index in [0.717, 1.165) is 12.1 Å². The molecule has 7 heteroatoms. The van der Waals surface area contributed by atoms with Gasteiger partial charge in [-0.2, -0.15) is 0 Å². The molecule has 0 saturated carbocycles. The first-order valence-corrected chi connectivity index (χ1v) is 13.9. The minimum atomic E-state index is -2.81. The number of rotatable bonds is 11. The van der Waals surface area contributed by atoms with Crippen LogP contribution in [0.4, 0.5) is 0 Å². The average Bonchev–Trinajstić information content (AvgIpc) is 2.50. The van der Waals surface area contributed by atoms with Crippen molar-refractivity contribution in [3.63, 3.8) is 0 Å². The van der Waals surface area contributed by atoms with Crippen molar-refractivity contribution >= 4 is 23.1 Å². The predicted molar refractivity (Wildman–Crippen MR) is 112 cm³/mol. The number of carbonyl (C=O) groups is 1. The second-order valence-corrected chi connectivity index (χ2v) is 16.8. The van der Waals surface area contributed by atoms with E-state index in [1.807, 2.05) is 6.92 Å². The topological polar surface area (TPSA) is 54.0 Å². The molecule has 1 unspecified atom stereocenters. The molecule has 0 rings (SSSR count).